The first-order valence-electron chi connectivity index (χ1n) is 11.3. The highest BCUT2D eigenvalue weighted by molar-refractivity contribution is 6.42. The number of fused-ring (bicyclic) bond motifs is 3. The van der Waals surface area contributed by atoms with Gasteiger partial charge in [-0.15, -0.1) is 0 Å². The topological polar surface area (TPSA) is 52.2 Å². The highest BCUT2D eigenvalue weighted by Gasteiger charge is 2.33. The maximum atomic E-state index is 13.1. The molecule has 166 valence electrons. The zero-order valence-electron chi connectivity index (χ0n) is 19.5. The van der Waals surface area contributed by atoms with Gasteiger partial charge in [0.05, 0.1) is 11.1 Å². The van der Waals surface area contributed by atoms with E-state index in [4.69, 9.17) is 4.42 Å². The third-order valence-electron chi connectivity index (χ3n) is 6.85. The van der Waals surface area contributed by atoms with Gasteiger partial charge in [0.1, 0.15) is 5.76 Å². The van der Waals surface area contributed by atoms with Gasteiger partial charge in [-0.25, -0.2) is 0 Å². The maximum absolute atomic E-state index is 13.1. The molecular weight excluding hydrogens is 422 g/mol. The smallest absolute Gasteiger partial charge is 0.197 e. The van der Waals surface area contributed by atoms with Crippen LogP contribution in [0.1, 0.15) is 43.1 Å². The highest BCUT2D eigenvalue weighted by Crippen LogP contribution is 2.36. The van der Waals surface area contributed by atoms with Crippen LogP contribution in [-0.2, 0) is 7.05 Å². The van der Waals surface area contributed by atoms with Crippen molar-refractivity contribution in [3.63, 3.8) is 0 Å². The molecule has 5 aromatic rings. The number of allylic oxidation sites excluding steroid dienone is 1. The molecule has 0 N–H and O–H groups in total. The summed E-state index contributed by atoms with van der Waals surface area (Å²) < 4.78 is 8.20. The third-order valence-corrected chi connectivity index (χ3v) is 6.85. The first kappa shape index (κ1) is 20.4. The van der Waals surface area contributed by atoms with Gasteiger partial charge in [0.15, 0.2) is 17.1 Å². The van der Waals surface area contributed by atoms with E-state index in [-0.39, 0.29) is 17.1 Å². The van der Waals surface area contributed by atoms with E-state index < -0.39 is 0 Å². The van der Waals surface area contributed by atoms with E-state index in [1.54, 1.807) is 6.08 Å². The van der Waals surface area contributed by atoms with Crippen molar-refractivity contribution in [1.82, 2.24) is 4.57 Å². The second-order valence-electron chi connectivity index (χ2n) is 9.22. The predicted octanol–water partition coefficient (Wildman–Crippen LogP) is 6.98. The molecule has 0 saturated carbocycles. The molecule has 1 aliphatic carbocycles. The zero-order valence-corrected chi connectivity index (χ0v) is 19.5. The van der Waals surface area contributed by atoms with Gasteiger partial charge in [-0.2, -0.15) is 0 Å². The number of furan rings is 1. The minimum Gasteiger partial charge on any atom is -0.454 e. The lowest BCUT2D eigenvalue weighted by Crippen LogP contribution is -2.01. The van der Waals surface area contributed by atoms with Gasteiger partial charge in [-0.1, -0.05) is 42.0 Å². The number of rotatable bonds is 2. The van der Waals surface area contributed by atoms with Crippen molar-refractivity contribution < 1.29 is 14.0 Å². The summed E-state index contributed by atoms with van der Waals surface area (Å²) in [6.07, 6.45) is 1.69. The molecule has 0 atom stereocenters. The fourth-order valence-corrected chi connectivity index (χ4v) is 5.25. The van der Waals surface area contributed by atoms with Crippen LogP contribution in [0.25, 0.3) is 39.3 Å². The van der Waals surface area contributed by atoms with Crippen LogP contribution in [0.2, 0.25) is 0 Å². The van der Waals surface area contributed by atoms with Crippen LogP contribution in [0.4, 0.5) is 0 Å². The molecule has 0 bridgehead atoms. The van der Waals surface area contributed by atoms with Crippen molar-refractivity contribution in [2.45, 2.75) is 20.8 Å². The summed E-state index contributed by atoms with van der Waals surface area (Å²) in [5.41, 5.74) is 8.21. The maximum Gasteiger partial charge on any atom is 0.197 e. The van der Waals surface area contributed by atoms with Crippen molar-refractivity contribution in [3.05, 3.63) is 99.7 Å². The molecule has 0 fully saturated rings. The Balaban J connectivity index is 1.43. The van der Waals surface area contributed by atoms with Crippen molar-refractivity contribution in [1.29, 1.82) is 0 Å². The average Bonchev–Trinajstić information content (AvgIpc) is 3.40. The SMILES string of the molecule is Cc1cc(C)c(-c2cc3c(cc(C=C4C(=O)c5cc6ccccc6cc5C4=O)n3C)o2)c(C)c1. The van der Waals surface area contributed by atoms with Crippen LogP contribution in [0.5, 0.6) is 0 Å². The summed E-state index contributed by atoms with van der Waals surface area (Å²) in [6.45, 7) is 6.28. The molecule has 0 spiro atoms. The van der Waals surface area contributed by atoms with Crippen molar-refractivity contribution in [2.75, 3.05) is 0 Å². The molecule has 0 amide bonds. The number of hydrogen-bond acceptors (Lipinski definition) is 3. The molecule has 0 saturated heterocycles. The summed E-state index contributed by atoms with van der Waals surface area (Å²) in [6, 6.07) is 19.6. The van der Waals surface area contributed by atoms with Gasteiger partial charge >= 0.3 is 0 Å². The van der Waals surface area contributed by atoms with Gasteiger partial charge < -0.3 is 8.98 Å². The first-order chi connectivity index (χ1) is 16.3. The minimum atomic E-state index is -0.227. The number of carbonyl (C=O) groups is 2. The molecular formula is C30H23NO3. The Morgan fingerprint density at radius 3 is 1.94 bits per heavy atom. The van der Waals surface area contributed by atoms with Crippen LogP contribution in [-0.4, -0.2) is 16.1 Å². The molecule has 0 unspecified atom stereocenters. The predicted molar refractivity (Wildman–Crippen MR) is 135 cm³/mol. The number of Topliss-reactive ketones (excluding diaryl/α,β-unsaturated/α-hetero) is 2. The lowest BCUT2D eigenvalue weighted by Gasteiger charge is -2.08. The fourth-order valence-electron chi connectivity index (χ4n) is 5.25. The van der Waals surface area contributed by atoms with Crippen LogP contribution in [0.15, 0.2) is 70.7 Å². The summed E-state index contributed by atoms with van der Waals surface area (Å²) >= 11 is 0. The Hall–Kier alpha value is -4.18. The van der Waals surface area contributed by atoms with E-state index in [0.29, 0.717) is 11.1 Å². The van der Waals surface area contributed by atoms with Gasteiger partial charge in [0.2, 0.25) is 0 Å². The fraction of sp³-hybridized carbons (Fsp3) is 0.133. The number of aryl methyl sites for hydroxylation is 4. The van der Waals surface area contributed by atoms with Crippen molar-refractivity contribution >= 4 is 39.5 Å². The van der Waals surface area contributed by atoms with E-state index >= 15 is 0 Å². The highest BCUT2D eigenvalue weighted by atomic mass is 16.3. The number of aromatic nitrogens is 1. The van der Waals surface area contributed by atoms with Gasteiger partial charge in [-0.05, 0) is 60.9 Å². The molecule has 6 rings (SSSR count). The van der Waals surface area contributed by atoms with Crippen molar-refractivity contribution in [3.8, 4) is 11.3 Å². The van der Waals surface area contributed by atoms with Crippen LogP contribution >= 0.6 is 0 Å². The van der Waals surface area contributed by atoms with E-state index in [9.17, 15) is 9.59 Å². The molecule has 1 aliphatic rings. The Labute approximate surface area is 197 Å². The lowest BCUT2D eigenvalue weighted by atomic mass is 9.98. The Morgan fingerprint density at radius 2 is 1.38 bits per heavy atom. The van der Waals surface area contributed by atoms with Crippen molar-refractivity contribution in [2.24, 2.45) is 7.05 Å². The minimum absolute atomic E-state index is 0.194. The number of carbonyl (C=O) groups excluding carboxylic acids is 2. The molecule has 0 aliphatic heterocycles. The second kappa shape index (κ2) is 7.16. The van der Waals surface area contributed by atoms with Crippen LogP contribution in [0, 0.1) is 20.8 Å². The van der Waals surface area contributed by atoms with E-state index in [1.807, 2.05) is 60.1 Å². The Kier molecular flexibility index (Phi) is 4.30. The standard InChI is InChI=1S/C30H23NO3/c1-16-9-17(2)28(18(3)10-16)27-15-25-26(34-27)14-21(31(25)4)13-24-29(32)22-11-19-7-5-6-8-20(19)12-23(22)30(24)33/h5-15H,1-4H3. The third kappa shape index (κ3) is 2.92. The monoisotopic (exact) mass is 445 g/mol. The number of benzene rings is 3. The Morgan fingerprint density at radius 1 is 0.794 bits per heavy atom. The normalized spacial score (nSPS) is 13.4. The summed E-state index contributed by atoms with van der Waals surface area (Å²) in [5.74, 6) is 0.368. The molecule has 2 aromatic heterocycles. The number of nitrogens with zero attached hydrogens (tertiary/aromatic N) is 1. The van der Waals surface area contributed by atoms with E-state index in [1.165, 1.54) is 16.7 Å². The largest absolute Gasteiger partial charge is 0.454 e. The quantitative estimate of drug-likeness (QED) is 0.218. The summed E-state index contributed by atoms with van der Waals surface area (Å²) in [7, 11) is 1.92. The van der Waals surface area contributed by atoms with E-state index in [2.05, 4.69) is 32.9 Å². The zero-order chi connectivity index (χ0) is 23.7. The second-order valence-corrected chi connectivity index (χ2v) is 9.22. The summed E-state index contributed by atoms with van der Waals surface area (Å²) in [4.78, 5) is 26.3. The van der Waals surface area contributed by atoms with Gasteiger partial charge in [-0.3, -0.25) is 9.59 Å². The number of ketones is 2. The molecule has 34 heavy (non-hydrogen) atoms. The molecule has 3 aromatic carbocycles. The molecule has 4 nitrogen and oxygen atoms in total. The first-order valence-corrected chi connectivity index (χ1v) is 11.3. The summed E-state index contributed by atoms with van der Waals surface area (Å²) in [5, 5.41) is 1.91. The Bertz CT molecular complexity index is 1650. The average molecular weight is 446 g/mol. The lowest BCUT2D eigenvalue weighted by molar-refractivity contribution is 0.0990. The van der Waals surface area contributed by atoms with E-state index in [0.717, 1.165) is 38.9 Å². The van der Waals surface area contributed by atoms with Crippen LogP contribution in [0.3, 0.4) is 0 Å². The van der Waals surface area contributed by atoms with Gasteiger partial charge in [0.25, 0.3) is 0 Å². The van der Waals surface area contributed by atoms with Gasteiger partial charge in [0, 0.05) is 41.6 Å². The molecule has 4 heteroatoms. The molecule has 2 heterocycles. The number of hydrogen-bond donors (Lipinski definition) is 0. The van der Waals surface area contributed by atoms with Crippen LogP contribution < -0.4 is 0 Å². The molecule has 0 radical (unpaired) electrons.